The Hall–Kier alpha value is -3.48. The predicted octanol–water partition coefficient (Wildman–Crippen LogP) is 4.26. The van der Waals surface area contributed by atoms with Gasteiger partial charge in [0.25, 0.3) is 0 Å². The molecule has 2 aromatic carbocycles. The zero-order chi connectivity index (χ0) is 22.7. The molecule has 1 aliphatic rings. The molecule has 166 valence electrons. The average Bonchev–Trinajstić information content (AvgIpc) is 3.29. The van der Waals surface area contributed by atoms with Gasteiger partial charge in [0.15, 0.2) is 0 Å². The number of carbonyl (C=O) groups excluding carboxylic acids is 1. The fourth-order valence-electron chi connectivity index (χ4n) is 4.14. The second kappa shape index (κ2) is 9.34. The lowest BCUT2D eigenvalue weighted by molar-refractivity contribution is -0.131. The van der Waals surface area contributed by atoms with E-state index in [1.807, 2.05) is 54.2 Å². The van der Waals surface area contributed by atoms with Gasteiger partial charge in [-0.2, -0.15) is 0 Å². The van der Waals surface area contributed by atoms with Gasteiger partial charge in [-0.1, -0.05) is 24.3 Å². The number of benzene rings is 2. The molecule has 0 spiro atoms. The molecule has 1 fully saturated rings. The molecule has 0 saturated carbocycles. The molecule has 1 saturated heterocycles. The van der Waals surface area contributed by atoms with Crippen LogP contribution < -0.4 is 9.64 Å². The third kappa shape index (κ3) is 4.56. The number of hydrogen-bond acceptors (Lipinski definition) is 5. The molecule has 0 N–H and O–H groups in total. The van der Waals surface area contributed by atoms with E-state index in [9.17, 15) is 9.18 Å². The van der Waals surface area contributed by atoms with E-state index in [0.717, 1.165) is 35.4 Å². The maximum absolute atomic E-state index is 14.0. The third-order valence-corrected chi connectivity index (χ3v) is 5.72. The molecule has 6 nitrogen and oxygen atoms in total. The summed E-state index contributed by atoms with van der Waals surface area (Å²) in [6.07, 6.45) is 3.71. The van der Waals surface area contributed by atoms with Crippen molar-refractivity contribution < 1.29 is 13.9 Å². The van der Waals surface area contributed by atoms with E-state index >= 15 is 0 Å². The zero-order valence-electron chi connectivity index (χ0n) is 18.6. The Labute approximate surface area is 187 Å². The quantitative estimate of drug-likeness (QED) is 0.580. The van der Waals surface area contributed by atoms with Gasteiger partial charge in [-0.15, -0.1) is 0 Å². The highest BCUT2D eigenvalue weighted by Crippen LogP contribution is 2.37. The number of hydrogen-bond donors (Lipinski definition) is 0. The van der Waals surface area contributed by atoms with Crippen LogP contribution in [0.4, 0.5) is 10.3 Å². The van der Waals surface area contributed by atoms with Crippen LogP contribution in [0.3, 0.4) is 0 Å². The van der Waals surface area contributed by atoms with E-state index in [-0.39, 0.29) is 24.2 Å². The largest absolute Gasteiger partial charge is 0.497 e. The Morgan fingerprint density at radius 2 is 2.03 bits per heavy atom. The minimum Gasteiger partial charge on any atom is -0.497 e. The monoisotopic (exact) mass is 434 g/mol. The van der Waals surface area contributed by atoms with E-state index in [1.165, 1.54) is 12.1 Å². The number of ether oxygens (including phenoxy) is 1. The van der Waals surface area contributed by atoms with Gasteiger partial charge in [0.1, 0.15) is 11.6 Å². The summed E-state index contributed by atoms with van der Waals surface area (Å²) in [7, 11) is 5.37. The zero-order valence-corrected chi connectivity index (χ0v) is 18.6. The fourth-order valence-corrected chi connectivity index (χ4v) is 4.14. The Morgan fingerprint density at radius 1 is 1.22 bits per heavy atom. The van der Waals surface area contributed by atoms with Crippen molar-refractivity contribution in [3.63, 3.8) is 0 Å². The van der Waals surface area contributed by atoms with Gasteiger partial charge in [-0.05, 0) is 48.2 Å². The first-order valence-electron chi connectivity index (χ1n) is 10.7. The Bertz CT molecular complexity index is 1120. The molecule has 0 radical (unpaired) electrons. The lowest BCUT2D eigenvalue weighted by Gasteiger charge is -2.27. The van der Waals surface area contributed by atoms with E-state index in [0.29, 0.717) is 18.1 Å². The number of rotatable bonds is 6. The summed E-state index contributed by atoms with van der Waals surface area (Å²) in [5.41, 5.74) is 3.12. The normalized spacial score (nSPS) is 15.6. The van der Waals surface area contributed by atoms with Crippen LogP contribution in [0.5, 0.6) is 5.75 Å². The van der Waals surface area contributed by atoms with Crippen molar-refractivity contribution in [1.29, 1.82) is 0 Å². The van der Waals surface area contributed by atoms with Crippen LogP contribution >= 0.6 is 0 Å². The van der Waals surface area contributed by atoms with Gasteiger partial charge in [0.2, 0.25) is 11.9 Å². The number of methoxy groups -OCH3 is 1. The summed E-state index contributed by atoms with van der Waals surface area (Å²) in [6, 6.07) is 13.8. The molecule has 1 unspecified atom stereocenters. The van der Waals surface area contributed by atoms with Crippen LogP contribution in [0, 0.1) is 5.82 Å². The molecule has 4 rings (SSSR count). The molecule has 2 heterocycles. The van der Waals surface area contributed by atoms with Gasteiger partial charge in [-0.25, -0.2) is 14.4 Å². The Morgan fingerprint density at radius 3 is 2.78 bits per heavy atom. The minimum atomic E-state index is -0.317. The number of amides is 1. The van der Waals surface area contributed by atoms with Crippen LogP contribution in [-0.4, -0.2) is 48.5 Å². The van der Waals surface area contributed by atoms with Crippen LogP contribution in [0.25, 0.3) is 11.1 Å². The van der Waals surface area contributed by atoms with Crippen LogP contribution in [0.2, 0.25) is 0 Å². The first kappa shape index (κ1) is 21.7. The molecule has 32 heavy (non-hydrogen) atoms. The lowest BCUT2D eigenvalue weighted by Crippen LogP contribution is -2.32. The topological polar surface area (TPSA) is 58.6 Å². The first-order valence-corrected chi connectivity index (χ1v) is 10.7. The number of likely N-dealkylation sites (tertiary alicyclic amines) is 1. The van der Waals surface area contributed by atoms with Crippen molar-refractivity contribution in [3.8, 4) is 16.9 Å². The molecular formula is C25H27FN4O2. The summed E-state index contributed by atoms with van der Waals surface area (Å²) >= 11 is 0. The van der Waals surface area contributed by atoms with Gasteiger partial charge in [-0.3, -0.25) is 4.79 Å². The van der Waals surface area contributed by atoms with Crippen molar-refractivity contribution in [1.82, 2.24) is 14.9 Å². The van der Waals surface area contributed by atoms with Crippen molar-refractivity contribution in [2.24, 2.45) is 0 Å². The highest BCUT2D eigenvalue weighted by Gasteiger charge is 2.33. The van der Waals surface area contributed by atoms with Crippen molar-refractivity contribution >= 4 is 11.9 Å². The second-order valence-corrected chi connectivity index (χ2v) is 8.15. The molecule has 1 amide bonds. The molecule has 3 aromatic rings. The number of carbonyl (C=O) groups is 1. The van der Waals surface area contributed by atoms with Crippen molar-refractivity contribution in [3.05, 3.63) is 71.8 Å². The molecule has 1 aliphatic heterocycles. The van der Waals surface area contributed by atoms with Crippen molar-refractivity contribution in [2.45, 2.75) is 25.3 Å². The number of halogens is 1. The van der Waals surface area contributed by atoms with Gasteiger partial charge in [0, 0.05) is 32.4 Å². The first-order chi connectivity index (χ1) is 15.5. The van der Waals surface area contributed by atoms with E-state index < -0.39 is 0 Å². The smallest absolute Gasteiger partial charge is 0.227 e. The summed E-state index contributed by atoms with van der Waals surface area (Å²) in [4.78, 5) is 26.3. The molecule has 7 heteroatoms. The number of nitrogens with zero attached hydrogens (tertiary/aromatic N) is 4. The fraction of sp³-hybridized carbons (Fsp3) is 0.320. The summed E-state index contributed by atoms with van der Waals surface area (Å²) in [5.74, 6) is 1.01. The average molecular weight is 435 g/mol. The molecule has 0 aliphatic carbocycles. The molecular weight excluding hydrogens is 407 g/mol. The second-order valence-electron chi connectivity index (χ2n) is 8.15. The summed E-state index contributed by atoms with van der Waals surface area (Å²) < 4.78 is 19.2. The number of aromatic nitrogens is 2. The Kier molecular flexibility index (Phi) is 6.35. The van der Waals surface area contributed by atoms with Crippen LogP contribution in [0.15, 0.2) is 54.7 Å². The molecule has 1 atom stereocenters. The van der Waals surface area contributed by atoms with Gasteiger partial charge < -0.3 is 14.5 Å². The van der Waals surface area contributed by atoms with Gasteiger partial charge >= 0.3 is 0 Å². The Balaban J connectivity index is 1.69. The number of anilines is 1. The predicted molar refractivity (Wildman–Crippen MR) is 122 cm³/mol. The maximum atomic E-state index is 14.0. The van der Waals surface area contributed by atoms with E-state index in [2.05, 4.69) is 4.98 Å². The van der Waals surface area contributed by atoms with E-state index in [1.54, 1.807) is 19.4 Å². The lowest BCUT2D eigenvalue weighted by atomic mass is 9.99. The van der Waals surface area contributed by atoms with Crippen LogP contribution in [0.1, 0.15) is 30.1 Å². The SMILES string of the molecule is COc1cccc(CC(=O)N2CCCC2c2nc(N(C)C)ncc2-c2cccc(F)c2)c1. The third-order valence-electron chi connectivity index (χ3n) is 5.72. The van der Waals surface area contributed by atoms with Gasteiger partial charge in [0.05, 0.1) is 25.3 Å². The molecule has 0 bridgehead atoms. The summed E-state index contributed by atoms with van der Waals surface area (Å²) in [5, 5.41) is 0. The van der Waals surface area contributed by atoms with E-state index in [4.69, 9.17) is 9.72 Å². The van der Waals surface area contributed by atoms with Crippen molar-refractivity contribution in [2.75, 3.05) is 32.6 Å². The summed E-state index contributed by atoms with van der Waals surface area (Å²) in [6.45, 7) is 0.664. The standard InChI is InChI=1S/C25H27FN4O2/c1-29(2)25-27-16-21(18-8-5-9-19(26)15-18)24(28-25)22-11-6-12-30(22)23(31)14-17-7-4-10-20(13-17)32-3/h4-5,7-10,13,15-16,22H,6,11-12,14H2,1-3H3. The highest BCUT2D eigenvalue weighted by atomic mass is 19.1. The highest BCUT2D eigenvalue weighted by molar-refractivity contribution is 5.80. The molecule has 1 aromatic heterocycles. The maximum Gasteiger partial charge on any atom is 0.227 e. The minimum absolute atomic E-state index is 0.0379. The van der Waals surface area contributed by atoms with Crippen LogP contribution in [-0.2, 0) is 11.2 Å².